The molecule has 0 atom stereocenters. The second kappa shape index (κ2) is 12.0. The summed E-state index contributed by atoms with van der Waals surface area (Å²) in [5.74, 6) is 1.56. The zero-order chi connectivity index (χ0) is 5.70. The van der Waals surface area contributed by atoms with Crippen molar-refractivity contribution in [1.29, 1.82) is 0 Å². The Morgan fingerprint density at radius 3 is 1.78 bits per heavy atom. The van der Waals surface area contributed by atoms with Gasteiger partial charge in [0.2, 0.25) is 0 Å². The molecule has 0 unspecified atom stereocenters. The number of unbranched alkanes of at least 4 members (excludes halogenated alkanes) is 1. The molecule has 0 saturated heterocycles. The van der Waals surface area contributed by atoms with E-state index >= 15 is 0 Å². The monoisotopic (exact) mass is 202 g/mol. The van der Waals surface area contributed by atoms with Crippen molar-refractivity contribution in [3.63, 3.8) is 0 Å². The van der Waals surface area contributed by atoms with Crippen LogP contribution in [0.3, 0.4) is 0 Å². The maximum atomic E-state index is 2.23. The van der Waals surface area contributed by atoms with Crippen molar-refractivity contribution < 1.29 is 17.0 Å². The van der Waals surface area contributed by atoms with E-state index in [1.54, 1.807) is 5.92 Å². The Labute approximate surface area is 85.7 Å². The zero-order valence-electron chi connectivity index (χ0n) is 6.71. The molecule has 0 aliphatic carbocycles. The van der Waals surface area contributed by atoms with E-state index in [4.69, 9.17) is 0 Å². The third-order valence-corrected chi connectivity index (χ3v) is 1.03. The van der Waals surface area contributed by atoms with Gasteiger partial charge in [-0.05, 0) is 0 Å². The molecule has 52 valence electrons. The quantitative estimate of drug-likeness (QED) is 0.425. The second-order valence-corrected chi connectivity index (χ2v) is 2.31. The van der Waals surface area contributed by atoms with Crippen molar-refractivity contribution in [2.45, 2.75) is 40.0 Å². The van der Waals surface area contributed by atoms with Crippen LogP contribution in [-0.2, 0) is 0 Å². The molecule has 0 heterocycles. The molecule has 9 heavy (non-hydrogen) atoms. The fourth-order valence-corrected chi connectivity index (χ4v) is 0.530. The largest absolute Gasteiger partial charge is 2.00 e. The minimum atomic E-state index is 0. The number of hydrogen-bond acceptors (Lipinski definition) is 0. The minimum absolute atomic E-state index is 0. The average molecular weight is 203 g/mol. The minimum Gasteiger partial charge on any atom is -1.00 e. The zero-order valence-corrected chi connectivity index (χ0v) is 9.71. The van der Waals surface area contributed by atoms with E-state index in [2.05, 4.69) is 20.8 Å². The average Bonchev–Trinajstić information content (AvgIpc) is 1.61. The Morgan fingerprint density at radius 2 is 1.67 bits per heavy atom. The van der Waals surface area contributed by atoms with Crippen LogP contribution in [0.4, 0.5) is 0 Å². The van der Waals surface area contributed by atoms with Gasteiger partial charge in [-0.3, -0.25) is 0 Å². The molecule has 0 spiro atoms. The van der Waals surface area contributed by atoms with E-state index in [-0.39, 0.29) is 40.0 Å². The van der Waals surface area contributed by atoms with Gasteiger partial charge in [0.25, 0.3) is 0 Å². The van der Waals surface area contributed by atoms with Crippen LogP contribution < -0.4 is 17.0 Å². The third-order valence-electron chi connectivity index (χ3n) is 1.03. The summed E-state index contributed by atoms with van der Waals surface area (Å²) in [6.45, 7) is 6.61. The summed E-state index contributed by atoms with van der Waals surface area (Å²) in [5.41, 5.74) is 0. The number of halogens is 1. The van der Waals surface area contributed by atoms with Gasteiger partial charge < -0.3 is 22.9 Å². The first-order valence-electron chi connectivity index (χ1n) is 3.06. The van der Waals surface area contributed by atoms with Crippen LogP contribution >= 0.6 is 0 Å². The van der Waals surface area contributed by atoms with Crippen LogP contribution in [0.15, 0.2) is 0 Å². The van der Waals surface area contributed by atoms with Crippen molar-refractivity contribution in [3.8, 4) is 0 Å². The molecular formula is C7H15BrMg. The molecule has 0 fully saturated rings. The van der Waals surface area contributed by atoms with Gasteiger partial charge in [0.1, 0.15) is 0 Å². The van der Waals surface area contributed by atoms with Gasteiger partial charge in [-0.2, -0.15) is 20.3 Å². The second-order valence-electron chi connectivity index (χ2n) is 2.31. The Kier molecular flexibility index (Phi) is 22.2. The molecule has 0 nitrogen and oxygen atoms in total. The molecule has 0 bridgehead atoms. The SMILES string of the molecule is CCCC[C-](C)C.[Br-].[Mg+2]. The molecule has 0 N–H and O–H groups in total. The first-order chi connectivity index (χ1) is 3.27. The molecule has 0 aliphatic rings. The van der Waals surface area contributed by atoms with Gasteiger partial charge in [0, 0.05) is 0 Å². The number of rotatable bonds is 3. The Balaban J connectivity index is -0.000000180. The van der Waals surface area contributed by atoms with Gasteiger partial charge >= 0.3 is 23.1 Å². The van der Waals surface area contributed by atoms with E-state index in [1.807, 2.05) is 0 Å². The maximum Gasteiger partial charge on any atom is 2.00 e. The van der Waals surface area contributed by atoms with Crippen molar-refractivity contribution in [2.75, 3.05) is 0 Å². The van der Waals surface area contributed by atoms with Crippen molar-refractivity contribution in [3.05, 3.63) is 5.92 Å². The summed E-state index contributed by atoms with van der Waals surface area (Å²) >= 11 is 0. The maximum absolute atomic E-state index is 2.23. The van der Waals surface area contributed by atoms with Crippen molar-refractivity contribution >= 4 is 23.1 Å². The van der Waals surface area contributed by atoms with E-state index in [1.165, 1.54) is 19.3 Å². The molecule has 0 aromatic heterocycles. The van der Waals surface area contributed by atoms with Crippen LogP contribution in [-0.4, -0.2) is 23.1 Å². The van der Waals surface area contributed by atoms with Crippen LogP contribution in [0.5, 0.6) is 0 Å². The first kappa shape index (κ1) is 16.7. The van der Waals surface area contributed by atoms with Crippen LogP contribution in [0, 0.1) is 5.92 Å². The van der Waals surface area contributed by atoms with Crippen LogP contribution in [0.2, 0.25) is 0 Å². The molecule has 0 aromatic rings. The molecule has 0 radical (unpaired) electrons. The summed E-state index contributed by atoms with van der Waals surface area (Å²) in [6, 6.07) is 0. The summed E-state index contributed by atoms with van der Waals surface area (Å²) < 4.78 is 0. The summed E-state index contributed by atoms with van der Waals surface area (Å²) in [5, 5.41) is 0. The number of hydrogen-bond donors (Lipinski definition) is 0. The standard InChI is InChI=1S/C7H15.BrH.Mg/c1-4-5-6-7(2)3;;/h4-6H2,1-3H3;1H;/q-1;;+2/p-1. The molecule has 0 aromatic carbocycles. The molecule has 0 rings (SSSR count). The van der Waals surface area contributed by atoms with E-state index < -0.39 is 0 Å². The molecule has 2 heteroatoms. The predicted molar refractivity (Wildman–Crippen MR) is 39.9 cm³/mol. The molecule has 0 aliphatic heterocycles. The summed E-state index contributed by atoms with van der Waals surface area (Å²) in [7, 11) is 0. The Hall–Kier alpha value is 1.25. The van der Waals surface area contributed by atoms with E-state index in [9.17, 15) is 0 Å². The first-order valence-corrected chi connectivity index (χ1v) is 3.06. The molecular weight excluding hydrogens is 188 g/mol. The fourth-order valence-electron chi connectivity index (χ4n) is 0.530. The topological polar surface area (TPSA) is 0 Å². The fraction of sp³-hybridized carbons (Fsp3) is 0.857. The summed E-state index contributed by atoms with van der Waals surface area (Å²) in [4.78, 5) is 0. The smallest absolute Gasteiger partial charge is 1.00 e. The van der Waals surface area contributed by atoms with Gasteiger partial charge in [-0.25, -0.2) is 0 Å². The van der Waals surface area contributed by atoms with E-state index in [0.29, 0.717) is 0 Å². The summed E-state index contributed by atoms with van der Waals surface area (Å²) in [6.07, 6.45) is 4.00. The van der Waals surface area contributed by atoms with E-state index in [0.717, 1.165) is 0 Å². The van der Waals surface area contributed by atoms with Crippen molar-refractivity contribution in [1.82, 2.24) is 0 Å². The van der Waals surface area contributed by atoms with Gasteiger partial charge in [-0.15, -0.1) is 0 Å². The van der Waals surface area contributed by atoms with Gasteiger partial charge in [-0.1, -0.05) is 19.8 Å². The molecule has 0 amide bonds. The molecule has 0 saturated carbocycles. The predicted octanol–water partition coefficient (Wildman–Crippen LogP) is -0.586. The van der Waals surface area contributed by atoms with Crippen molar-refractivity contribution in [2.24, 2.45) is 0 Å². The third kappa shape index (κ3) is 17.6. The Bertz CT molecular complexity index is 37.9. The Morgan fingerprint density at radius 1 is 1.22 bits per heavy atom. The van der Waals surface area contributed by atoms with Crippen LogP contribution in [0.25, 0.3) is 0 Å². The van der Waals surface area contributed by atoms with Gasteiger partial charge in [0.15, 0.2) is 0 Å². The normalized spacial score (nSPS) is 8.00. The van der Waals surface area contributed by atoms with Crippen LogP contribution in [0.1, 0.15) is 40.0 Å². The van der Waals surface area contributed by atoms with Gasteiger partial charge in [0.05, 0.1) is 0 Å².